The van der Waals surface area contributed by atoms with Crippen LogP contribution in [0.15, 0.2) is 22.7 Å². The van der Waals surface area contributed by atoms with E-state index in [1.165, 1.54) is 5.56 Å². The predicted molar refractivity (Wildman–Crippen MR) is 68.4 cm³/mol. The fraction of sp³-hybridized carbons (Fsp3) is 0.417. The van der Waals surface area contributed by atoms with E-state index in [1.54, 1.807) is 0 Å². The topological polar surface area (TPSA) is 46.3 Å². The van der Waals surface area contributed by atoms with E-state index in [-0.39, 0.29) is 11.8 Å². The molecule has 1 aliphatic rings. The molecule has 1 saturated heterocycles. The van der Waals surface area contributed by atoms with E-state index in [1.807, 2.05) is 0 Å². The third kappa shape index (κ3) is 2.21. The first-order valence-corrected chi connectivity index (χ1v) is 6.17. The van der Waals surface area contributed by atoms with Gasteiger partial charge in [0.1, 0.15) is 0 Å². The van der Waals surface area contributed by atoms with Gasteiger partial charge in [0, 0.05) is 17.6 Å². The van der Waals surface area contributed by atoms with Crippen molar-refractivity contribution in [2.24, 2.45) is 11.7 Å². The SMILES string of the molecule is Cc1ccc(N2CCC(C(N)=O)C2)c(Br)c1. The number of anilines is 1. The lowest BCUT2D eigenvalue weighted by atomic mass is 10.1. The molecule has 1 amide bonds. The number of carbonyl (C=O) groups is 1. The number of halogens is 1. The summed E-state index contributed by atoms with van der Waals surface area (Å²) >= 11 is 3.56. The minimum atomic E-state index is -0.189. The Kier molecular flexibility index (Phi) is 3.19. The summed E-state index contributed by atoms with van der Waals surface area (Å²) in [4.78, 5) is 13.3. The summed E-state index contributed by atoms with van der Waals surface area (Å²) in [5.41, 5.74) is 7.69. The molecule has 2 N–H and O–H groups in total. The van der Waals surface area contributed by atoms with Crippen molar-refractivity contribution < 1.29 is 4.79 Å². The Labute approximate surface area is 104 Å². The molecule has 0 radical (unpaired) electrons. The Balaban J connectivity index is 2.17. The van der Waals surface area contributed by atoms with Crippen LogP contribution in [0.2, 0.25) is 0 Å². The largest absolute Gasteiger partial charge is 0.370 e. The number of hydrogen-bond donors (Lipinski definition) is 1. The Morgan fingerprint density at radius 2 is 2.31 bits per heavy atom. The average Bonchev–Trinajstić information content (AvgIpc) is 2.66. The second kappa shape index (κ2) is 4.45. The lowest BCUT2D eigenvalue weighted by Crippen LogP contribution is -2.27. The minimum Gasteiger partial charge on any atom is -0.370 e. The fourth-order valence-electron chi connectivity index (χ4n) is 2.08. The van der Waals surface area contributed by atoms with Crippen molar-refractivity contribution in [3.63, 3.8) is 0 Å². The summed E-state index contributed by atoms with van der Waals surface area (Å²) < 4.78 is 1.08. The van der Waals surface area contributed by atoms with Gasteiger partial charge in [0.25, 0.3) is 0 Å². The molecule has 1 aliphatic heterocycles. The third-order valence-electron chi connectivity index (χ3n) is 3.03. The molecule has 4 heteroatoms. The van der Waals surface area contributed by atoms with Crippen LogP contribution in [0.3, 0.4) is 0 Å². The van der Waals surface area contributed by atoms with Gasteiger partial charge in [0.15, 0.2) is 0 Å². The Morgan fingerprint density at radius 3 is 2.88 bits per heavy atom. The van der Waals surface area contributed by atoms with Crippen LogP contribution in [0.1, 0.15) is 12.0 Å². The summed E-state index contributed by atoms with van der Waals surface area (Å²) in [5, 5.41) is 0. The van der Waals surface area contributed by atoms with Crippen molar-refractivity contribution >= 4 is 27.5 Å². The molecule has 1 aromatic rings. The fourth-order valence-corrected chi connectivity index (χ4v) is 2.82. The number of nitrogens with two attached hydrogens (primary N) is 1. The average molecular weight is 283 g/mol. The highest BCUT2D eigenvalue weighted by molar-refractivity contribution is 9.10. The van der Waals surface area contributed by atoms with E-state index >= 15 is 0 Å². The zero-order valence-electron chi connectivity index (χ0n) is 9.24. The second-order valence-electron chi connectivity index (χ2n) is 4.29. The van der Waals surface area contributed by atoms with Crippen LogP contribution in [0.4, 0.5) is 5.69 Å². The molecular weight excluding hydrogens is 268 g/mol. The number of amides is 1. The van der Waals surface area contributed by atoms with E-state index in [9.17, 15) is 4.79 Å². The summed E-state index contributed by atoms with van der Waals surface area (Å²) in [7, 11) is 0. The highest BCUT2D eigenvalue weighted by Gasteiger charge is 2.27. The molecular formula is C12H15BrN2O. The van der Waals surface area contributed by atoms with Gasteiger partial charge in [-0.3, -0.25) is 4.79 Å². The Hall–Kier alpha value is -1.03. The first-order valence-electron chi connectivity index (χ1n) is 5.38. The van der Waals surface area contributed by atoms with Gasteiger partial charge in [-0.25, -0.2) is 0 Å². The zero-order chi connectivity index (χ0) is 11.7. The van der Waals surface area contributed by atoms with Crippen molar-refractivity contribution in [3.05, 3.63) is 28.2 Å². The van der Waals surface area contributed by atoms with Crippen LogP contribution in [0, 0.1) is 12.8 Å². The molecule has 1 fully saturated rings. The number of benzene rings is 1. The predicted octanol–water partition coefficient (Wildman–Crippen LogP) is 2.07. The number of primary amides is 1. The van der Waals surface area contributed by atoms with Gasteiger partial charge in [-0.15, -0.1) is 0 Å². The number of hydrogen-bond acceptors (Lipinski definition) is 2. The van der Waals surface area contributed by atoms with Crippen LogP contribution in [-0.2, 0) is 4.79 Å². The standard InChI is InChI=1S/C12H15BrN2O/c1-8-2-3-11(10(13)6-8)15-5-4-9(7-15)12(14)16/h2-3,6,9H,4-5,7H2,1H3,(H2,14,16). The van der Waals surface area contributed by atoms with Crippen molar-refractivity contribution in [1.82, 2.24) is 0 Å². The first kappa shape index (κ1) is 11.5. The maximum absolute atomic E-state index is 11.1. The number of aryl methyl sites for hydroxylation is 1. The smallest absolute Gasteiger partial charge is 0.222 e. The van der Waals surface area contributed by atoms with Crippen molar-refractivity contribution in [1.29, 1.82) is 0 Å². The molecule has 1 heterocycles. The number of rotatable bonds is 2. The lowest BCUT2D eigenvalue weighted by molar-refractivity contribution is -0.121. The van der Waals surface area contributed by atoms with Crippen molar-refractivity contribution in [2.75, 3.05) is 18.0 Å². The number of carbonyl (C=O) groups excluding carboxylic acids is 1. The van der Waals surface area contributed by atoms with Crippen LogP contribution < -0.4 is 10.6 Å². The van der Waals surface area contributed by atoms with Gasteiger partial charge in [0.2, 0.25) is 5.91 Å². The maximum Gasteiger partial charge on any atom is 0.222 e. The van der Waals surface area contributed by atoms with E-state index in [0.29, 0.717) is 0 Å². The number of nitrogens with zero attached hydrogens (tertiary/aromatic N) is 1. The summed E-state index contributed by atoms with van der Waals surface area (Å²) in [6.45, 7) is 3.69. The summed E-state index contributed by atoms with van der Waals surface area (Å²) in [6, 6.07) is 6.26. The molecule has 0 aromatic heterocycles. The molecule has 2 rings (SSSR count). The normalized spacial score (nSPS) is 20.1. The maximum atomic E-state index is 11.1. The van der Waals surface area contributed by atoms with Crippen LogP contribution in [-0.4, -0.2) is 19.0 Å². The third-order valence-corrected chi connectivity index (χ3v) is 3.67. The minimum absolute atomic E-state index is 0.00629. The quantitative estimate of drug-likeness (QED) is 0.903. The molecule has 0 bridgehead atoms. The first-order chi connectivity index (χ1) is 7.58. The lowest BCUT2D eigenvalue weighted by Gasteiger charge is -2.20. The Bertz CT molecular complexity index is 419. The van der Waals surface area contributed by atoms with Crippen molar-refractivity contribution in [2.45, 2.75) is 13.3 Å². The molecule has 0 saturated carbocycles. The highest BCUT2D eigenvalue weighted by atomic mass is 79.9. The molecule has 16 heavy (non-hydrogen) atoms. The van der Waals surface area contributed by atoms with E-state index < -0.39 is 0 Å². The van der Waals surface area contributed by atoms with Gasteiger partial charge in [0.05, 0.1) is 11.6 Å². The highest BCUT2D eigenvalue weighted by Crippen LogP contribution is 2.31. The summed E-state index contributed by atoms with van der Waals surface area (Å²) in [6.07, 6.45) is 0.857. The van der Waals surface area contributed by atoms with Gasteiger partial charge in [-0.2, -0.15) is 0 Å². The van der Waals surface area contributed by atoms with E-state index in [2.05, 4.69) is 46.0 Å². The monoisotopic (exact) mass is 282 g/mol. The molecule has 1 unspecified atom stereocenters. The molecule has 0 spiro atoms. The van der Waals surface area contributed by atoms with Crippen molar-refractivity contribution in [3.8, 4) is 0 Å². The van der Waals surface area contributed by atoms with E-state index in [0.717, 1.165) is 29.7 Å². The molecule has 1 aromatic carbocycles. The molecule has 0 aliphatic carbocycles. The zero-order valence-corrected chi connectivity index (χ0v) is 10.8. The van der Waals surface area contributed by atoms with Gasteiger partial charge >= 0.3 is 0 Å². The van der Waals surface area contributed by atoms with Crippen LogP contribution in [0.25, 0.3) is 0 Å². The van der Waals surface area contributed by atoms with E-state index in [4.69, 9.17) is 5.73 Å². The Morgan fingerprint density at radius 1 is 1.56 bits per heavy atom. The van der Waals surface area contributed by atoms with Crippen LogP contribution in [0.5, 0.6) is 0 Å². The molecule has 3 nitrogen and oxygen atoms in total. The van der Waals surface area contributed by atoms with Gasteiger partial charge < -0.3 is 10.6 Å². The van der Waals surface area contributed by atoms with Gasteiger partial charge in [-0.1, -0.05) is 6.07 Å². The molecule has 1 atom stereocenters. The van der Waals surface area contributed by atoms with Gasteiger partial charge in [-0.05, 0) is 47.0 Å². The molecule has 86 valence electrons. The van der Waals surface area contributed by atoms with Crippen LogP contribution >= 0.6 is 15.9 Å². The second-order valence-corrected chi connectivity index (χ2v) is 5.14. The summed E-state index contributed by atoms with van der Waals surface area (Å²) in [5.74, 6) is -0.195.